The standard InChI is InChI=1S/C21H16N6/c22-21-25-7-5-20(27-21)26-15-8-14-11-24-12-19(14)18(9-15)17-3-1-2-13-10-23-6-4-16(13)17/h1-11H,12H2,(H3,22,25,26,27). The van der Waals surface area contributed by atoms with Gasteiger partial charge in [0.25, 0.3) is 0 Å². The van der Waals surface area contributed by atoms with Crippen LogP contribution in [0.4, 0.5) is 17.5 Å². The summed E-state index contributed by atoms with van der Waals surface area (Å²) in [6.07, 6.45) is 7.28. The van der Waals surface area contributed by atoms with Crippen molar-refractivity contribution in [2.24, 2.45) is 4.99 Å². The lowest BCUT2D eigenvalue weighted by atomic mass is 9.93. The van der Waals surface area contributed by atoms with Crippen LogP contribution >= 0.6 is 0 Å². The van der Waals surface area contributed by atoms with Crippen LogP contribution in [-0.4, -0.2) is 21.2 Å². The summed E-state index contributed by atoms with van der Waals surface area (Å²) in [5, 5.41) is 5.61. The quantitative estimate of drug-likeness (QED) is 0.583. The first-order chi connectivity index (χ1) is 13.3. The number of hydrogen-bond acceptors (Lipinski definition) is 6. The summed E-state index contributed by atoms with van der Waals surface area (Å²) in [4.78, 5) is 16.9. The highest BCUT2D eigenvalue weighted by atomic mass is 15.1. The van der Waals surface area contributed by atoms with Gasteiger partial charge in [-0.15, -0.1) is 0 Å². The average Bonchev–Trinajstić information content (AvgIpc) is 3.16. The Balaban J connectivity index is 1.67. The molecule has 2 aromatic heterocycles. The summed E-state index contributed by atoms with van der Waals surface area (Å²) in [5.41, 5.74) is 11.3. The Morgan fingerprint density at radius 2 is 1.96 bits per heavy atom. The van der Waals surface area contributed by atoms with E-state index in [1.807, 2.05) is 18.6 Å². The molecule has 130 valence electrons. The van der Waals surface area contributed by atoms with Crippen molar-refractivity contribution in [2.75, 3.05) is 11.1 Å². The predicted octanol–water partition coefficient (Wildman–Crippen LogP) is 3.95. The first-order valence-electron chi connectivity index (χ1n) is 8.63. The van der Waals surface area contributed by atoms with E-state index in [4.69, 9.17) is 5.73 Å². The number of nitrogens with zero attached hydrogens (tertiary/aromatic N) is 4. The molecule has 0 radical (unpaired) electrons. The van der Waals surface area contributed by atoms with Crippen LogP contribution in [0.5, 0.6) is 0 Å². The van der Waals surface area contributed by atoms with Gasteiger partial charge in [-0.3, -0.25) is 9.98 Å². The lowest BCUT2D eigenvalue weighted by Crippen LogP contribution is -2.00. The Morgan fingerprint density at radius 3 is 2.89 bits per heavy atom. The van der Waals surface area contributed by atoms with Crippen molar-refractivity contribution in [3.8, 4) is 11.1 Å². The number of nitrogens with one attached hydrogen (secondary N) is 1. The Morgan fingerprint density at radius 1 is 1.00 bits per heavy atom. The maximum Gasteiger partial charge on any atom is 0.221 e. The number of aromatic nitrogens is 3. The number of benzene rings is 2. The van der Waals surface area contributed by atoms with Gasteiger partial charge in [-0.05, 0) is 46.3 Å². The van der Waals surface area contributed by atoms with Crippen LogP contribution in [0.2, 0.25) is 0 Å². The molecule has 0 saturated carbocycles. The topological polar surface area (TPSA) is 89.1 Å². The van der Waals surface area contributed by atoms with Gasteiger partial charge in [0.2, 0.25) is 5.95 Å². The third-order valence-corrected chi connectivity index (χ3v) is 4.68. The van der Waals surface area contributed by atoms with Crippen molar-refractivity contribution < 1.29 is 0 Å². The first kappa shape index (κ1) is 15.5. The van der Waals surface area contributed by atoms with E-state index in [9.17, 15) is 0 Å². The second-order valence-corrected chi connectivity index (χ2v) is 6.39. The minimum absolute atomic E-state index is 0.240. The Kier molecular flexibility index (Phi) is 3.53. The van der Waals surface area contributed by atoms with Crippen LogP contribution in [0.3, 0.4) is 0 Å². The fourth-order valence-corrected chi connectivity index (χ4v) is 3.48. The number of fused-ring (bicyclic) bond motifs is 2. The highest BCUT2D eigenvalue weighted by Gasteiger charge is 2.16. The van der Waals surface area contributed by atoms with Gasteiger partial charge < -0.3 is 11.1 Å². The molecule has 3 N–H and O–H groups in total. The number of anilines is 3. The van der Waals surface area contributed by atoms with E-state index in [0.29, 0.717) is 12.4 Å². The molecule has 0 fully saturated rings. The van der Waals surface area contributed by atoms with Crippen LogP contribution in [0.25, 0.3) is 21.9 Å². The van der Waals surface area contributed by atoms with E-state index >= 15 is 0 Å². The molecule has 27 heavy (non-hydrogen) atoms. The van der Waals surface area contributed by atoms with Crippen molar-refractivity contribution in [3.63, 3.8) is 0 Å². The zero-order chi connectivity index (χ0) is 18.2. The van der Waals surface area contributed by atoms with Crippen molar-refractivity contribution >= 4 is 34.4 Å². The Labute approximate surface area is 155 Å². The largest absolute Gasteiger partial charge is 0.368 e. The maximum absolute atomic E-state index is 5.70. The molecule has 1 aliphatic heterocycles. The van der Waals surface area contributed by atoms with E-state index < -0.39 is 0 Å². The maximum atomic E-state index is 5.70. The number of hydrogen-bond donors (Lipinski definition) is 2. The summed E-state index contributed by atoms with van der Waals surface area (Å²) >= 11 is 0. The van der Waals surface area contributed by atoms with Gasteiger partial charge in [0.1, 0.15) is 5.82 Å². The van der Waals surface area contributed by atoms with E-state index in [0.717, 1.165) is 22.2 Å². The zero-order valence-electron chi connectivity index (χ0n) is 14.4. The molecule has 0 spiro atoms. The summed E-state index contributed by atoms with van der Waals surface area (Å²) in [6.45, 7) is 0.687. The van der Waals surface area contributed by atoms with Gasteiger partial charge in [0.05, 0.1) is 6.54 Å². The molecule has 2 aromatic carbocycles. The SMILES string of the molecule is Nc1nccc(Nc2cc3c(c(-c4cccc5cnccc45)c2)CN=C3)n1. The normalized spacial score (nSPS) is 12.3. The Hall–Kier alpha value is -3.80. The van der Waals surface area contributed by atoms with Crippen LogP contribution in [0, 0.1) is 0 Å². The molecular formula is C21H16N6. The lowest BCUT2D eigenvalue weighted by molar-refractivity contribution is 1.11. The van der Waals surface area contributed by atoms with Crippen LogP contribution in [0.15, 0.2) is 66.0 Å². The van der Waals surface area contributed by atoms with Crippen molar-refractivity contribution in [2.45, 2.75) is 6.54 Å². The molecule has 0 unspecified atom stereocenters. The smallest absolute Gasteiger partial charge is 0.221 e. The fourth-order valence-electron chi connectivity index (χ4n) is 3.48. The van der Waals surface area contributed by atoms with Gasteiger partial charge in [0, 0.05) is 41.4 Å². The molecule has 0 saturated heterocycles. The van der Waals surface area contributed by atoms with E-state index in [2.05, 4.69) is 61.7 Å². The monoisotopic (exact) mass is 352 g/mol. The third-order valence-electron chi connectivity index (χ3n) is 4.68. The molecule has 3 heterocycles. The van der Waals surface area contributed by atoms with E-state index in [-0.39, 0.29) is 5.95 Å². The highest BCUT2D eigenvalue weighted by Crippen LogP contribution is 2.36. The van der Waals surface area contributed by atoms with Crippen molar-refractivity contribution in [1.82, 2.24) is 15.0 Å². The molecule has 6 heteroatoms. The fraction of sp³-hybridized carbons (Fsp3) is 0.0476. The number of aliphatic imine (C=N–C) groups is 1. The molecule has 0 bridgehead atoms. The number of nitrogen functional groups attached to an aromatic ring is 1. The minimum atomic E-state index is 0.240. The zero-order valence-corrected chi connectivity index (χ0v) is 14.4. The second-order valence-electron chi connectivity index (χ2n) is 6.39. The molecule has 6 nitrogen and oxygen atoms in total. The highest BCUT2D eigenvalue weighted by molar-refractivity contribution is 6.00. The molecule has 0 atom stereocenters. The summed E-state index contributed by atoms with van der Waals surface area (Å²) in [7, 11) is 0. The van der Waals surface area contributed by atoms with E-state index in [1.165, 1.54) is 16.5 Å². The molecular weight excluding hydrogens is 336 g/mol. The van der Waals surface area contributed by atoms with Crippen LogP contribution < -0.4 is 11.1 Å². The van der Waals surface area contributed by atoms with Crippen molar-refractivity contribution in [1.29, 1.82) is 0 Å². The number of rotatable bonds is 3. The van der Waals surface area contributed by atoms with Gasteiger partial charge in [-0.25, -0.2) is 4.98 Å². The van der Waals surface area contributed by atoms with E-state index in [1.54, 1.807) is 12.3 Å². The lowest BCUT2D eigenvalue weighted by Gasteiger charge is -2.14. The molecule has 0 aliphatic carbocycles. The summed E-state index contributed by atoms with van der Waals surface area (Å²) < 4.78 is 0. The van der Waals surface area contributed by atoms with Gasteiger partial charge in [-0.2, -0.15) is 4.98 Å². The summed E-state index contributed by atoms with van der Waals surface area (Å²) in [5.74, 6) is 0.898. The minimum Gasteiger partial charge on any atom is -0.368 e. The first-order valence-corrected chi connectivity index (χ1v) is 8.63. The summed E-state index contributed by atoms with van der Waals surface area (Å²) in [6, 6.07) is 14.4. The molecule has 4 aromatic rings. The van der Waals surface area contributed by atoms with Crippen molar-refractivity contribution in [3.05, 3.63) is 72.2 Å². The van der Waals surface area contributed by atoms with Crippen LogP contribution in [0.1, 0.15) is 11.1 Å². The van der Waals surface area contributed by atoms with Gasteiger partial charge >= 0.3 is 0 Å². The average molecular weight is 352 g/mol. The predicted molar refractivity (Wildman–Crippen MR) is 108 cm³/mol. The third kappa shape index (κ3) is 2.77. The van der Waals surface area contributed by atoms with Gasteiger partial charge in [0.15, 0.2) is 0 Å². The number of nitrogens with two attached hydrogens (primary N) is 1. The van der Waals surface area contributed by atoms with Gasteiger partial charge in [-0.1, -0.05) is 18.2 Å². The molecule has 5 rings (SSSR count). The Bertz CT molecular complexity index is 1190. The van der Waals surface area contributed by atoms with Crippen LogP contribution in [-0.2, 0) is 6.54 Å². The number of pyridine rings is 1. The molecule has 1 aliphatic rings. The second kappa shape index (κ2) is 6.17. The molecule has 0 amide bonds.